The molecular weight excluding hydrogens is 400 g/mol. The van der Waals surface area contributed by atoms with Crippen molar-refractivity contribution < 1.29 is 19.1 Å². The molecule has 1 aromatic carbocycles. The summed E-state index contributed by atoms with van der Waals surface area (Å²) < 4.78 is 15.7. The van der Waals surface area contributed by atoms with Crippen molar-refractivity contribution in [1.82, 2.24) is 19.6 Å². The van der Waals surface area contributed by atoms with Crippen molar-refractivity contribution in [1.29, 1.82) is 0 Å². The maximum Gasteiger partial charge on any atom is 0.339 e. The highest BCUT2D eigenvalue weighted by Gasteiger charge is 2.23. The average Bonchev–Trinajstić information content (AvgIpc) is 3.13. The van der Waals surface area contributed by atoms with Crippen LogP contribution in [0.2, 0.25) is 10.0 Å². The molecule has 0 aliphatic rings. The molecular formula is C16H12Cl2FN5O3. The van der Waals surface area contributed by atoms with E-state index in [0.29, 0.717) is 5.56 Å². The van der Waals surface area contributed by atoms with Crippen LogP contribution in [0.5, 0.6) is 0 Å². The first-order valence-corrected chi connectivity index (χ1v) is 8.25. The van der Waals surface area contributed by atoms with E-state index < -0.39 is 17.7 Å². The molecule has 0 aliphatic heterocycles. The lowest BCUT2D eigenvalue weighted by molar-refractivity contribution is 0.0692. The van der Waals surface area contributed by atoms with Crippen LogP contribution in [0.1, 0.15) is 26.4 Å². The van der Waals surface area contributed by atoms with Crippen molar-refractivity contribution in [3.63, 3.8) is 0 Å². The predicted molar refractivity (Wildman–Crippen MR) is 95.9 cm³/mol. The fourth-order valence-corrected chi connectivity index (χ4v) is 2.84. The second kappa shape index (κ2) is 7.37. The van der Waals surface area contributed by atoms with Crippen LogP contribution in [0.4, 0.5) is 10.2 Å². The fraction of sp³-hybridized carbons (Fsp3) is 0.125. The third-order valence-corrected chi connectivity index (χ3v) is 4.31. The number of nitrogens with zero attached hydrogens (tertiary/aromatic N) is 4. The average molecular weight is 412 g/mol. The highest BCUT2D eigenvalue weighted by atomic mass is 35.5. The molecule has 27 heavy (non-hydrogen) atoms. The van der Waals surface area contributed by atoms with Crippen LogP contribution in [0.15, 0.2) is 30.6 Å². The number of rotatable bonds is 5. The van der Waals surface area contributed by atoms with E-state index in [2.05, 4.69) is 15.5 Å². The molecule has 0 spiro atoms. The second-order valence-electron chi connectivity index (χ2n) is 5.55. The van der Waals surface area contributed by atoms with Crippen molar-refractivity contribution in [3.05, 3.63) is 63.3 Å². The quantitative estimate of drug-likeness (QED) is 0.671. The van der Waals surface area contributed by atoms with Gasteiger partial charge in [0.1, 0.15) is 22.1 Å². The molecule has 2 heterocycles. The van der Waals surface area contributed by atoms with Gasteiger partial charge >= 0.3 is 5.97 Å². The number of carbonyl (C=O) groups excluding carboxylic acids is 1. The van der Waals surface area contributed by atoms with Gasteiger partial charge in [-0.15, -0.1) is 0 Å². The first kappa shape index (κ1) is 18.9. The normalized spacial score (nSPS) is 10.8. The summed E-state index contributed by atoms with van der Waals surface area (Å²) >= 11 is 12.1. The molecule has 140 valence electrons. The van der Waals surface area contributed by atoms with Crippen LogP contribution >= 0.6 is 23.2 Å². The maximum atomic E-state index is 13.1. The zero-order chi connectivity index (χ0) is 19.7. The Hall–Kier alpha value is -2.91. The van der Waals surface area contributed by atoms with Gasteiger partial charge in [-0.3, -0.25) is 14.2 Å². The summed E-state index contributed by atoms with van der Waals surface area (Å²) in [7, 11) is 1.44. The van der Waals surface area contributed by atoms with Crippen LogP contribution < -0.4 is 5.32 Å². The Bertz CT molecular complexity index is 1050. The fourth-order valence-electron chi connectivity index (χ4n) is 2.42. The molecule has 8 nitrogen and oxygen atoms in total. The Kier molecular flexibility index (Phi) is 5.15. The maximum absolute atomic E-state index is 13.1. The van der Waals surface area contributed by atoms with Gasteiger partial charge in [0.05, 0.1) is 12.7 Å². The SMILES string of the molecule is Cn1ncc(C(=O)O)c1C(=O)Nc1nn(Cc2ccc(F)cc2Cl)cc1Cl. The molecule has 0 fully saturated rings. The van der Waals surface area contributed by atoms with E-state index >= 15 is 0 Å². The van der Waals surface area contributed by atoms with E-state index in [1.807, 2.05) is 0 Å². The van der Waals surface area contributed by atoms with Gasteiger partial charge in [-0.1, -0.05) is 29.3 Å². The largest absolute Gasteiger partial charge is 0.478 e. The molecule has 0 saturated carbocycles. The van der Waals surface area contributed by atoms with E-state index in [0.717, 1.165) is 10.9 Å². The lowest BCUT2D eigenvalue weighted by Gasteiger charge is -2.06. The van der Waals surface area contributed by atoms with Gasteiger partial charge in [-0.2, -0.15) is 10.2 Å². The van der Waals surface area contributed by atoms with E-state index in [4.69, 9.17) is 28.3 Å². The first-order chi connectivity index (χ1) is 12.8. The Balaban J connectivity index is 1.82. The Morgan fingerprint density at radius 3 is 2.70 bits per heavy atom. The minimum absolute atomic E-state index is 0.0393. The van der Waals surface area contributed by atoms with Crippen LogP contribution in [0.25, 0.3) is 0 Å². The summed E-state index contributed by atoms with van der Waals surface area (Å²) in [6.07, 6.45) is 2.53. The van der Waals surface area contributed by atoms with Crippen LogP contribution in [0, 0.1) is 5.82 Å². The number of anilines is 1. The van der Waals surface area contributed by atoms with E-state index in [9.17, 15) is 14.0 Å². The zero-order valence-corrected chi connectivity index (χ0v) is 15.3. The molecule has 0 saturated heterocycles. The minimum Gasteiger partial charge on any atom is -0.478 e. The summed E-state index contributed by atoms with van der Waals surface area (Å²) in [6, 6.07) is 3.96. The third kappa shape index (κ3) is 3.93. The standard InChI is InChI=1S/C16H12Cl2FN5O3/c1-23-13(10(5-20-23)16(26)27)15(25)21-14-12(18)7-24(22-14)6-8-2-3-9(19)4-11(8)17/h2-5,7H,6H2,1H3,(H,26,27)(H,21,22,25). The number of carboxylic acid groups (broad SMARTS) is 1. The van der Waals surface area contributed by atoms with Crippen LogP contribution in [-0.2, 0) is 13.6 Å². The molecule has 2 N–H and O–H groups in total. The summed E-state index contributed by atoms with van der Waals surface area (Å²) in [6.45, 7) is 0.195. The van der Waals surface area contributed by atoms with Crippen molar-refractivity contribution in [2.75, 3.05) is 5.32 Å². The van der Waals surface area contributed by atoms with Gasteiger partial charge in [0.2, 0.25) is 0 Å². The molecule has 0 bridgehead atoms. The number of halogens is 3. The molecule has 11 heteroatoms. The van der Waals surface area contributed by atoms with Gasteiger partial charge in [0.15, 0.2) is 5.82 Å². The molecule has 0 atom stereocenters. The molecule has 0 unspecified atom stereocenters. The number of aryl methyl sites for hydroxylation is 1. The molecule has 0 radical (unpaired) electrons. The molecule has 0 aliphatic carbocycles. The second-order valence-corrected chi connectivity index (χ2v) is 6.36. The van der Waals surface area contributed by atoms with Crippen molar-refractivity contribution in [2.45, 2.75) is 6.54 Å². The highest BCUT2D eigenvalue weighted by molar-refractivity contribution is 6.33. The van der Waals surface area contributed by atoms with Crippen molar-refractivity contribution >= 4 is 40.9 Å². The Morgan fingerprint density at radius 2 is 2.04 bits per heavy atom. The molecule has 3 rings (SSSR count). The highest BCUT2D eigenvalue weighted by Crippen LogP contribution is 2.23. The number of benzene rings is 1. The number of hydrogen-bond donors (Lipinski definition) is 2. The van der Waals surface area contributed by atoms with Gasteiger partial charge in [-0.05, 0) is 17.7 Å². The number of carboxylic acids is 1. The van der Waals surface area contributed by atoms with Gasteiger partial charge in [-0.25, -0.2) is 9.18 Å². The van der Waals surface area contributed by atoms with E-state index in [-0.39, 0.29) is 33.7 Å². The smallest absolute Gasteiger partial charge is 0.339 e. The molecule has 1 amide bonds. The lowest BCUT2D eigenvalue weighted by Crippen LogP contribution is -2.20. The number of hydrogen-bond acceptors (Lipinski definition) is 4. The van der Waals surface area contributed by atoms with Gasteiger partial charge in [0.25, 0.3) is 5.91 Å². The third-order valence-electron chi connectivity index (χ3n) is 3.68. The number of nitrogens with one attached hydrogen (secondary N) is 1. The summed E-state index contributed by atoms with van der Waals surface area (Å²) in [4.78, 5) is 23.6. The first-order valence-electron chi connectivity index (χ1n) is 7.49. The number of aromatic carboxylic acids is 1. The van der Waals surface area contributed by atoms with Gasteiger partial charge in [0, 0.05) is 18.3 Å². The summed E-state index contributed by atoms with van der Waals surface area (Å²) in [5.41, 5.74) is 0.216. The molecule has 3 aromatic rings. The zero-order valence-electron chi connectivity index (χ0n) is 13.8. The summed E-state index contributed by atoms with van der Waals surface area (Å²) in [5, 5.41) is 19.9. The van der Waals surface area contributed by atoms with Crippen LogP contribution in [-0.4, -0.2) is 36.5 Å². The topological polar surface area (TPSA) is 102 Å². The Morgan fingerprint density at radius 1 is 1.30 bits per heavy atom. The van der Waals surface area contributed by atoms with Gasteiger partial charge < -0.3 is 10.4 Å². The number of carbonyl (C=O) groups is 2. The van der Waals surface area contributed by atoms with E-state index in [1.165, 1.54) is 36.1 Å². The number of aromatic nitrogens is 4. The number of amides is 1. The Labute approximate surface area is 162 Å². The lowest BCUT2D eigenvalue weighted by atomic mass is 10.2. The molecule has 2 aromatic heterocycles. The van der Waals surface area contributed by atoms with Crippen molar-refractivity contribution in [3.8, 4) is 0 Å². The predicted octanol–water partition coefficient (Wildman–Crippen LogP) is 3.06. The summed E-state index contributed by atoms with van der Waals surface area (Å²) in [5.74, 6) is -2.42. The minimum atomic E-state index is -1.28. The van der Waals surface area contributed by atoms with Crippen LogP contribution in [0.3, 0.4) is 0 Å². The monoisotopic (exact) mass is 411 g/mol. The van der Waals surface area contributed by atoms with E-state index in [1.54, 1.807) is 0 Å². The van der Waals surface area contributed by atoms with Crippen molar-refractivity contribution in [2.24, 2.45) is 7.05 Å².